The molecule has 0 spiro atoms. The molecule has 1 saturated heterocycles. The summed E-state index contributed by atoms with van der Waals surface area (Å²) >= 11 is 0. The Bertz CT molecular complexity index is 428. The second-order valence-electron chi connectivity index (χ2n) is 3.99. The molecule has 1 atom stereocenters. The highest BCUT2D eigenvalue weighted by Gasteiger charge is 2.40. The third-order valence-corrected chi connectivity index (χ3v) is 2.43. The van der Waals surface area contributed by atoms with Gasteiger partial charge in [0.25, 0.3) is 5.91 Å². The summed E-state index contributed by atoms with van der Waals surface area (Å²) in [5, 5.41) is 11.2. The van der Waals surface area contributed by atoms with Crippen molar-refractivity contribution in [1.82, 2.24) is 15.4 Å². The number of carbonyl (C=O) groups excluding carboxylic acids is 1. The van der Waals surface area contributed by atoms with Gasteiger partial charge in [-0.3, -0.25) is 15.2 Å². The van der Waals surface area contributed by atoms with Crippen LogP contribution < -0.4 is 5.43 Å². The van der Waals surface area contributed by atoms with Crippen LogP contribution >= 0.6 is 0 Å². The second-order valence-corrected chi connectivity index (χ2v) is 3.99. The van der Waals surface area contributed by atoms with Gasteiger partial charge in [-0.15, -0.1) is 0 Å². The number of rotatable bonds is 1. The van der Waals surface area contributed by atoms with E-state index < -0.39 is 5.72 Å². The Balaban J connectivity index is 2.27. The second kappa shape index (κ2) is 3.61. The van der Waals surface area contributed by atoms with Crippen LogP contribution in [0, 0.1) is 0 Å². The van der Waals surface area contributed by atoms with Crippen molar-refractivity contribution in [3.63, 3.8) is 0 Å². The fourth-order valence-corrected chi connectivity index (χ4v) is 1.69. The fraction of sp³-hybridized carbons (Fsp3) is 0.273. The minimum Gasteiger partial charge on any atom is -0.369 e. The molecular formula is C11H13N3O2. The first-order valence-corrected chi connectivity index (χ1v) is 4.92. The van der Waals surface area contributed by atoms with E-state index in [-0.39, 0.29) is 5.91 Å². The summed E-state index contributed by atoms with van der Waals surface area (Å²) in [4.78, 5) is 15.9. The van der Waals surface area contributed by atoms with Gasteiger partial charge >= 0.3 is 0 Å². The van der Waals surface area contributed by atoms with Gasteiger partial charge in [0.05, 0.1) is 0 Å². The molecule has 0 aliphatic carbocycles. The summed E-state index contributed by atoms with van der Waals surface area (Å²) in [6.07, 6.45) is 3.39. The maximum absolute atomic E-state index is 12.0. The minimum absolute atomic E-state index is 0.300. The van der Waals surface area contributed by atoms with Crippen LogP contribution in [0.2, 0.25) is 0 Å². The summed E-state index contributed by atoms with van der Waals surface area (Å²) < 4.78 is 0. The van der Waals surface area contributed by atoms with E-state index >= 15 is 0 Å². The van der Waals surface area contributed by atoms with Crippen molar-refractivity contribution in [2.45, 2.75) is 19.1 Å². The van der Waals surface area contributed by atoms with Crippen molar-refractivity contribution in [3.05, 3.63) is 42.4 Å². The highest BCUT2D eigenvalue weighted by molar-refractivity contribution is 5.94. The van der Waals surface area contributed by atoms with Crippen LogP contribution in [-0.4, -0.2) is 26.7 Å². The lowest BCUT2D eigenvalue weighted by Crippen LogP contribution is -2.49. The molecule has 2 rings (SSSR count). The van der Waals surface area contributed by atoms with E-state index in [1.807, 2.05) is 0 Å². The van der Waals surface area contributed by atoms with E-state index in [9.17, 15) is 9.90 Å². The summed E-state index contributed by atoms with van der Waals surface area (Å²) in [6.45, 7) is 5.27. The molecule has 5 heteroatoms. The lowest BCUT2D eigenvalue weighted by Gasteiger charge is -2.28. The van der Waals surface area contributed by atoms with Crippen molar-refractivity contribution in [1.29, 1.82) is 0 Å². The van der Waals surface area contributed by atoms with Crippen LogP contribution in [0.4, 0.5) is 0 Å². The van der Waals surface area contributed by atoms with E-state index in [1.54, 1.807) is 19.1 Å². The fourth-order valence-electron chi connectivity index (χ4n) is 1.69. The standard InChI is InChI=1S/C11H13N3O2/c1-8-7-11(2,16)14(13-8)10(15)9-3-5-12-6-4-9/h3-6,13,16H,1,7H2,2H3. The molecule has 1 aromatic rings. The molecule has 1 unspecified atom stereocenters. The number of amides is 1. The number of nitrogens with zero attached hydrogens (tertiary/aromatic N) is 2. The first kappa shape index (κ1) is 10.6. The number of hydrogen-bond acceptors (Lipinski definition) is 4. The quantitative estimate of drug-likeness (QED) is 0.728. The Labute approximate surface area is 93.4 Å². The smallest absolute Gasteiger partial charge is 0.274 e. The summed E-state index contributed by atoms with van der Waals surface area (Å²) in [7, 11) is 0. The summed E-state index contributed by atoms with van der Waals surface area (Å²) in [5.41, 5.74) is 2.61. The lowest BCUT2D eigenvalue weighted by molar-refractivity contribution is -0.0626. The molecule has 2 N–H and O–H groups in total. The molecule has 16 heavy (non-hydrogen) atoms. The van der Waals surface area contributed by atoms with Crippen LogP contribution in [0.25, 0.3) is 0 Å². The molecule has 0 bridgehead atoms. The van der Waals surface area contributed by atoms with E-state index in [0.717, 1.165) is 0 Å². The van der Waals surface area contributed by atoms with Crippen molar-refractivity contribution < 1.29 is 9.90 Å². The molecule has 1 aromatic heterocycles. The minimum atomic E-state index is -1.24. The van der Waals surface area contributed by atoms with Crippen LogP contribution in [0.3, 0.4) is 0 Å². The molecular weight excluding hydrogens is 206 g/mol. The first-order chi connectivity index (χ1) is 7.50. The van der Waals surface area contributed by atoms with E-state index in [2.05, 4.69) is 17.0 Å². The number of aromatic nitrogens is 1. The van der Waals surface area contributed by atoms with Crippen LogP contribution in [-0.2, 0) is 0 Å². The van der Waals surface area contributed by atoms with Gasteiger partial charge in [-0.05, 0) is 19.1 Å². The van der Waals surface area contributed by atoms with Crippen LogP contribution in [0.15, 0.2) is 36.8 Å². The van der Waals surface area contributed by atoms with Crippen LogP contribution in [0.5, 0.6) is 0 Å². The third kappa shape index (κ3) is 1.77. The molecule has 2 heterocycles. The van der Waals surface area contributed by atoms with Gasteiger partial charge in [0.1, 0.15) is 0 Å². The molecule has 1 aliphatic rings. The molecule has 5 nitrogen and oxygen atoms in total. The molecule has 0 aromatic carbocycles. The number of carbonyl (C=O) groups is 1. The Morgan fingerprint density at radius 2 is 2.25 bits per heavy atom. The van der Waals surface area contributed by atoms with Crippen molar-refractivity contribution in [2.75, 3.05) is 0 Å². The van der Waals surface area contributed by atoms with Crippen LogP contribution in [0.1, 0.15) is 23.7 Å². The Kier molecular flexibility index (Phi) is 2.40. The van der Waals surface area contributed by atoms with Crippen molar-refractivity contribution >= 4 is 5.91 Å². The molecule has 0 saturated carbocycles. The molecule has 1 fully saturated rings. The summed E-state index contributed by atoms with van der Waals surface area (Å²) in [5.74, 6) is -0.300. The van der Waals surface area contributed by atoms with Gasteiger partial charge in [0, 0.05) is 30.1 Å². The number of nitrogens with one attached hydrogen (secondary N) is 1. The molecule has 84 valence electrons. The normalized spacial score (nSPS) is 24.4. The predicted molar refractivity (Wildman–Crippen MR) is 57.9 cm³/mol. The van der Waals surface area contributed by atoms with E-state index in [4.69, 9.17) is 0 Å². The van der Waals surface area contributed by atoms with Gasteiger partial charge in [0.15, 0.2) is 5.72 Å². The molecule has 1 aliphatic heterocycles. The zero-order valence-corrected chi connectivity index (χ0v) is 8.97. The molecule has 0 radical (unpaired) electrons. The molecule has 1 amide bonds. The van der Waals surface area contributed by atoms with Gasteiger partial charge in [-0.25, -0.2) is 5.01 Å². The SMILES string of the molecule is C=C1CC(C)(O)N(C(=O)c2ccncc2)N1. The zero-order valence-electron chi connectivity index (χ0n) is 8.97. The van der Waals surface area contributed by atoms with Crippen molar-refractivity contribution in [2.24, 2.45) is 0 Å². The van der Waals surface area contributed by atoms with Crippen molar-refractivity contribution in [3.8, 4) is 0 Å². The predicted octanol–water partition coefficient (Wildman–Crippen LogP) is 0.654. The average Bonchev–Trinajstić information content (AvgIpc) is 2.52. The number of hydrazine groups is 1. The monoisotopic (exact) mass is 219 g/mol. The van der Waals surface area contributed by atoms with Gasteiger partial charge in [-0.2, -0.15) is 0 Å². The Morgan fingerprint density at radius 3 is 2.75 bits per heavy atom. The average molecular weight is 219 g/mol. The topological polar surface area (TPSA) is 65.5 Å². The largest absolute Gasteiger partial charge is 0.369 e. The number of pyridine rings is 1. The maximum atomic E-state index is 12.0. The Hall–Kier alpha value is -1.88. The number of aliphatic hydroxyl groups is 1. The maximum Gasteiger partial charge on any atom is 0.274 e. The summed E-state index contributed by atoms with van der Waals surface area (Å²) in [6, 6.07) is 3.20. The Morgan fingerprint density at radius 1 is 1.62 bits per heavy atom. The highest BCUT2D eigenvalue weighted by Crippen LogP contribution is 2.26. The van der Waals surface area contributed by atoms with Gasteiger partial charge in [0.2, 0.25) is 0 Å². The zero-order chi connectivity index (χ0) is 11.8. The lowest BCUT2D eigenvalue weighted by atomic mass is 10.1. The number of hydrogen-bond donors (Lipinski definition) is 2. The first-order valence-electron chi connectivity index (χ1n) is 4.92. The van der Waals surface area contributed by atoms with E-state index in [1.165, 1.54) is 17.4 Å². The van der Waals surface area contributed by atoms with Gasteiger partial charge in [-0.1, -0.05) is 6.58 Å². The van der Waals surface area contributed by atoms with Gasteiger partial charge < -0.3 is 5.11 Å². The van der Waals surface area contributed by atoms with E-state index in [0.29, 0.717) is 17.7 Å². The third-order valence-electron chi connectivity index (χ3n) is 2.43. The highest BCUT2D eigenvalue weighted by atomic mass is 16.3.